The summed E-state index contributed by atoms with van der Waals surface area (Å²) in [6, 6.07) is 13.6. The van der Waals surface area contributed by atoms with Crippen LogP contribution < -0.4 is 15.4 Å². The number of nitrogens with zero attached hydrogens (tertiary/aromatic N) is 1. The third-order valence-corrected chi connectivity index (χ3v) is 4.74. The number of fused-ring (bicyclic) bond motifs is 1. The average Bonchev–Trinajstić information content (AvgIpc) is 3.02. The second-order valence-corrected chi connectivity index (χ2v) is 6.99. The number of ether oxygens (including phenoxy) is 1. The zero-order valence-corrected chi connectivity index (χ0v) is 14.8. The van der Waals surface area contributed by atoms with E-state index in [1.807, 2.05) is 47.8 Å². The van der Waals surface area contributed by atoms with Crippen molar-refractivity contribution in [3.63, 3.8) is 0 Å². The number of anilines is 3. The van der Waals surface area contributed by atoms with Gasteiger partial charge in [-0.3, -0.25) is 4.79 Å². The summed E-state index contributed by atoms with van der Waals surface area (Å²) in [5.74, 6) is 0.538. The molecule has 0 fully saturated rings. The van der Waals surface area contributed by atoms with Crippen LogP contribution in [0.15, 0.2) is 52.3 Å². The lowest BCUT2D eigenvalue weighted by Crippen LogP contribution is -2.25. The molecule has 0 saturated heterocycles. The van der Waals surface area contributed by atoms with E-state index in [0.29, 0.717) is 11.4 Å². The summed E-state index contributed by atoms with van der Waals surface area (Å²) >= 11 is 4.98. The average molecular weight is 402 g/mol. The number of hydrogen-bond acceptors (Lipinski definition) is 5. The minimum atomic E-state index is -0.144. The van der Waals surface area contributed by atoms with E-state index < -0.39 is 0 Å². The van der Waals surface area contributed by atoms with Crippen LogP contribution in [-0.2, 0) is 4.79 Å². The highest BCUT2D eigenvalue weighted by Crippen LogP contribution is 2.34. The molecule has 0 unspecified atom stereocenters. The van der Waals surface area contributed by atoms with Gasteiger partial charge in [-0.15, -0.1) is 11.3 Å². The number of nitrogens with one attached hydrogen (secondary N) is 2. The van der Waals surface area contributed by atoms with Crippen LogP contribution in [0.4, 0.5) is 16.5 Å². The molecule has 1 aromatic heterocycles. The molecule has 2 heterocycles. The molecular weight excluding hydrogens is 390 g/mol. The van der Waals surface area contributed by atoms with Crippen molar-refractivity contribution < 1.29 is 9.53 Å². The van der Waals surface area contributed by atoms with Gasteiger partial charge in [0.15, 0.2) is 11.7 Å². The van der Waals surface area contributed by atoms with Crippen molar-refractivity contribution in [2.45, 2.75) is 0 Å². The molecule has 7 heteroatoms. The zero-order valence-electron chi connectivity index (χ0n) is 12.4. The second-order valence-electron chi connectivity index (χ2n) is 5.22. The van der Waals surface area contributed by atoms with E-state index in [-0.39, 0.29) is 12.5 Å². The third-order valence-electron chi connectivity index (χ3n) is 3.49. The summed E-state index contributed by atoms with van der Waals surface area (Å²) in [6.45, 7) is 0.0593. The number of carbonyl (C=O) groups excluding carboxylic acids is 1. The van der Waals surface area contributed by atoms with Crippen LogP contribution in [0.3, 0.4) is 0 Å². The molecule has 0 saturated carbocycles. The van der Waals surface area contributed by atoms with Gasteiger partial charge in [0.05, 0.1) is 11.4 Å². The number of rotatable bonds is 3. The van der Waals surface area contributed by atoms with Gasteiger partial charge in [0.25, 0.3) is 5.91 Å². The molecule has 1 amide bonds. The topological polar surface area (TPSA) is 63.2 Å². The predicted octanol–water partition coefficient (Wildman–Crippen LogP) is 4.65. The van der Waals surface area contributed by atoms with Gasteiger partial charge in [-0.25, -0.2) is 4.98 Å². The van der Waals surface area contributed by atoms with E-state index in [1.165, 1.54) is 11.3 Å². The SMILES string of the molecule is O=C1COc2ccc(-c3csc(Nc4cccc(Br)c4)n3)cc2N1. The summed E-state index contributed by atoms with van der Waals surface area (Å²) in [5, 5.41) is 8.89. The summed E-state index contributed by atoms with van der Waals surface area (Å²) in [6.07, 6.45) is 0. The van der Waals surface area contributed by atoms with Crippen molar-refractivity contribution in [1.29, 1.82) is 0 Å². The molecule has 120 valence electrons. The summed E-state index contributed by atoms with van der Waals surface area (Å²) < 4.78 is 6.38. The number of thiazole rings is 1. The first-order chi connectivity index (χ1) is 11.7. The summed E-state index contributed by atoms with van der Waals surface area (Å²) in [5.41, 5.74) is 3.42. The largest absolute Gasteiger partial charge is 0.482 e. The Labute approximate surface area is 150 Å². The van der Waals surface area contributed by atoms with Crippen molar-refractivity contribution in [1.82, 2.24) is 4.98 Å². The molecule has 3 aromatic rings. The van der Waals surface area contributed by atoms with Crippen LogP contribution in [-0.4, -0.2) is 17.5 Å². The smallest absolute Gasteiger partial charge is 0.262 e. The number of amides is 1. The number of benzene rings is 2. The lowest BCUT2D eigenvalue weighted by molar-refractivity contribution is -0.118. The first kappa shape index (κ1) is 15.2. The summed E-state index contributed by atoms with van der Waals surface area (Å²) in [4.78, 5) is 16.1. The van der Waals surface area contributed by atoms with E-state index in [2.05, 4.69) is 31.5 Å². The highest BCUT2D eigenvalue weighted by atomic mass is 79.9. The van der Waals surface area contributed by atoms with Crippen LogP contribution in [0, 0.1) is 0 Å². The van der Waals surface area contributed by atoms with Gasteiger partial charge in [0.2, 0.25) is 0 Å². The lowest BCUT2D eigenvalue weighted by Gasteiger charge is -2.18. The number of halogens is 1. The monoisotopic (exact) mass is 401 g/mol. The molecule has 0 bridgehead atoms. The van der Waals surface area contributed by atoms with Gasteiger partial charge in [-0.2, -0.15) is 0 Å². The van der Waals surface area contributed by atoms with E-state index in [9.17, 15) is 4.79 Å². The molecule has 0 radical (unpaired) electrons. The quantitative estimate of drug-likeness (QED) is 0.670. The number of hydrogen-bond donors (Lipinski definition) is 2. The molecule has 2 N–H and O–H groups in total. The van der Waals surface area contributed by atoms with Gasteiger partial charge < -0.3 is 15.4 Å². The van der Waals surface area contributed by atoms with Crippen molar-refractivity contribution in [3.05, 3.63) is 52.3 Å². The van der Waals surface area contributed by atoms with Gasteiger partial charge in [-0.1, -0.05) is 22.0 Å². The molecule has 0 aliphatic carbocycles. The van der Waals surface area contributed by atoms with Crippen molar-refractivity contribution in [2.24, 2.45) is 0 Å². The maximum atomic E-state index is 11.4. The lowest BCUT2D eigenvalue weighted by atomic mass is 10.1. The van der Waals surface area contributed by atoms with E-state index in [1.54, 1.807) is 0 Å². The molecule has 5 nitrogen and oxygen atoms in total. The molecule has 0 spiro atoms. The Bertz CT molecular complexity index is 926. The van der Waals surface area contributed by atoms with Gasteiger partial charge in [0.1, 0.15) is 5.75 Å². The Morgan fingerprint density at radius 3 is 3.04 bits per heavy atom. The first-order valence-electron chi connectivity index (χ1n) is 7.22. The highest BCUT2D eigenvalue weighted by Gasteiger charge is 2.17. The Kier molecular flexibility index (Phi) is 3.95. The zero-order chi connectivity index (χ0) is 16.5. The highest BCUT2D eigenvalue weighted by molar-refractivity contribution is 9.10. The van der Waals surface area contributed by atoms with Crippen LogP contribution in [0.1, 0.15) is 0 Å². The van der Waals surface area contributed by atoms with Crippen LogP contribution in [0.5, 0.6) is 5.75 Å². The fourth-order valence-electron chi connectivity index (χ4n) is 2.40. The minimum Gasteiger partial charge on any atom is -0.482 e. The molecule has 1 aliphatic rings. The van der Waals surface area contributed by atoms with Crippen LogP contribution >= 0.6 is 27.3 Å². The minimum absolute atomic E-state index is 0.0593. The molecule has 4 rings (SSSR count). The van der Waals surface area contributed by atoms with E-state index >= 15 is 0 Å². The molecular formula is C17H12BrN3O2S. The van der Waals surface area contributed by atoms with Crippen molar-refractivity contribution in [3.8, 4) is 17.0 Å². The van der Waals surface area contributed by atoms with Gasteiger partial charge in [-0.05, 0) is 36.4 Å². The van der Waals surface area contributed by atoms with Crippen molar-refractivity contribution >= 4 is 49.7 Å². The maximum Gasteiger partial charge on any atom is 0.262 e. The van der Waals surface area contributed by atoms with Crippen molar-refractivity contribution in [2.75, 3.05) is 17.2 Å². The Morgan fingerprint density at radius 1 is 1.25 bits per heavy atom. The first-order valence-corrected chi connectivity index (χ1v) is 8.90. The normalized spacial score (nSPS) is 13.0. The molecule has 2 aromatic carbocycles. The van der Waals surface area contributed by atoms with E-state index in [4.69, 9.17) is 4.74 Å². The Balaban J connectivity index is 1.58. The number of aromatic nitrogens is 1. The van der Waals surface area contributed by atoms with Crippen LogP contribution in [0.2, 0.25) is 0 Å². The van der Waals surface area contributed by atoms with Gasteiger partial charge in [0, 0.05) is 21.1 Å². The maximum absolute atomic E-state index is 11.4. The molecule has 24 heavy (non-hydrogen) atoms. The van der Waals surface area contributed by atoms with Gasteiger partial charge >= 0.3 is 0 Å². The van der Waals surface area contributed by atoms with E-state index in [0.717, 1.165) is 26.5 Å². The second kappa shape index (κ2) is 6.26. The Hall–Kier alpha value is -2.38. The third kappa shape index (κ3) is 3.13. The Morgan fingerprint density at radius 2 is 2.17 bits per heavy atom. The fraction of sp³-hybridized carbons (Fsp3) is 0.0588. The fourth-order valence-corrected chi connectivity index (χ4v) is 3.54. The standard InChI is InChI=1S/C17H12BrN3O2S/c18-11-2-1-3-12(7-11)19-17-21-14(9-24-17)10-4-5-15-13(6-10)20-16(22)8-23-15/h1-7,9H,8H2,(H,19,21)(H,20,22). The molecule has 1 aliphatic heterocycles. The molecule has 0 atom stereocenters. The summed E-state index contributed by atoms with van der Waals surface area (Å²) in [7, 11) is 0. The predicted molar refractivity (Wildman–Crippen MR) is 99.1 cm³/mol. The van der Waals surface area contributed by atoms with Crippen LogP contribution in [0.25, 0.3) is 11.3 Å². The number of carbonyl (C=O) groups is 1.